The summed E-state index contributed by atoms with van der Waals surface area (Å²) in [5.74, 6) is 0.0848. The van der Waals surface area contributed by atoms with Gasteiger partial charge < -0.3 is 4.90 Å². The number of hydrogen-bond acceptors (Lipinski definition) is 2. The van der Waals surface area contributed by atoms with Gasteiger partial charge in [0.2, 0.25) is 0 Å². The number of amides is 1. The first-order valence-corrected chi connectivity index (χ1v) is 5.96. The number of carbonyl (C=O) groups is 1. The highest BCUT2D eigenvalue weighted by molar-refractivity contribution is 9.10. The summed E-state index contributed by atoms with van der Waals surface area (Å²) in [6.07, 6.45) is 5.12. The topological polar surface area (TPSA) is 38.1 Å². The van der Waals surface area contributed by atoms with Gasteiger partial charge in [-0.15, -0.1) is 0 Å². The Kier molecular flexibility index (Phi) is 3.09. The molecule has 1 aromatic rings. The molecule has 82 valence electrons. The van der Waals surface area contributed by atoms with Crippen molar-refractivity contribution in [1.82, 2.24) is 14.7 Å². The Morgan fingerprint density at radius 3 is 2.60 bits per heavy atom. The summed E-state index contributed by atoms with van der Waals surface area (Å²) in [4.78, 5) is 14.0. The molecule has 1 aromatic heterocycles. The van der Waals surface area contributed by atoms with Crippen LogP contribution in [-0.2, 0) is 7.05 Å². The Balaban J connectivity index is 2.19. The standard InChI is InChI=1S/C10H14BrN3O/c1-13-9(8(11)7-12-13)10(15)14-5-3-2-4-6-14/h7H,2-6H2,1H3. The summed E-state index contributed by atoms with van der Waals surface area (Å²) >= 11 is 3.35. The lowest BCUT2D eigenvalue weighted by atomic mass is 10.1. The molecule has 1 fully saturated rings. The summed E-state index contributed by atoms with van der Waals surface area (Å²) in [6.45, 7) is 1.74. The first-order chi connectivity index (χ1) is 7.20. The second-order valence-corrected chi connectivity index (χ2v) is 4.67. The van der Waals surface area contributed by atoms with Gasteiger partial charge in [-0.25, -0.2) is 0 Å². The highest BCUT2D eigenvalue weighted by Gasteiger charge is 2.22. The predicted octanol–water partition coefficient (Wildman–Crippen LogP) is 1.81. The van der Waals surface area contributed by atoms with E-state index < -0.39 is 0 Å². The molecule has 0 radical (unpaired) electrons. The molecule has 0 saturated carbocycles. The highest BCUT2D eigenvalue weighted by atomic mass is 79.9. The Morgan fingerprint density at radius 1 is 1.40 bits per heavy atom. The predicted molar refractivity (Wildman–Crippen MR) is 60.7 cm³/mol. The number of carbonyl (C=O) groups excluding carboxylic acids is 1. The lowest BCUT2D eigenvalue weighted by Gasteiger charge is -2.26. The fourth-order valence-electron chi connectivity index (χ4n) is 1.90. The third kappa shape index (κ3) is 2.07. The van der Waals surface area contributed by atoms with Crippen molar-refractivity contribution in [3.8, 4) is 0 Å². The Bertz CT molecular complexity index is 349. The Hall–Kier alpha value is -0.840. The monoisotopic (exact) mass is 271 g/mol. The van der Waals surface area contributed by atoms with E-state index in [1.807, 2.05) is 4.90 Å². The first kappa shape index (κ1) is 10.7. The smallest absolute Gasteiger partial charge is 0.273 e. The number of hydrogen-bond donors (Lipinski definition) is 0. The normalized spacial score (nSPS) is 16.8. The van der Waals surface area contributed by atoms with Crippen molar-refractivity contribution in [3.63, 3.8) is 0 Å². The van der Waals surface area contributed by atoms with Crippen LogP contribution in [0.3, 0.4) is 0 Å². The third-order valence-corrected chi connectivity index (χ3v) is 3.32. The van der Waals surface area contributed by atoms with E-state index in [-0.39, 0.29) is 5.91 Å². The van der Waals surface area contributed by atoms with Gasteiger partial charge in [-0.3, -0.25) is 9.48 Å². The van der Waals surface area contributed by atoms with Gasteiger partial charge in [0, 0.05) is 20.1 Å². The fourth-order valence-corrected chi connectivity index (χ4v) is 2.42. The van der Waals surface area contributed by atoms with Crippen molar-refractivity contribution in [2.24, 2.45) is 7.05 Å². The van der Waals surface area contributed by atoms with Crippen molar-refractivity contribution in [2.45, 2.75) is 19.3 Å². The number of nitrogens with zero attached hydrogens (tertiary/aromatic N) is 3. The summed E-state index contributed by atoms with van der Waals surface area (Å²) < 4.78 is 2.40. The largest absolute Gasteiger partial charge is 0.337 e. The molecule has 1 aliphatic rings. The molecule has 0 N–H and O–H groups in total. The van der Waals surface area contributed by atoms with E-state index in [4.69, 9.17) is 0 Å². The average molecular weight is 272 g/mol. The van der Waals surface area contributed by atoms with Crippen molar-refractivity contribution in [3.05, 3.63) is 16.4 Å². The maximum atomic E-state index is 12.1. The number of aryl methyl sites for hydroxylation is 1. The molecule has 0 aromatic carbocycles. The molecule has 4 nitrogen and oxygen atoms in total. The molecule has 0 unspecified atom stereocenters. The molecule has 5 heteroatoms. The van der Waals surface area contributed by atoms with Crippen LogP contribution in [0.1, 0.15) is 29.8 Å². The number of aromatic nitrogens is 2. The lowest BCUT2D eigenvalue weighted by molar-refractivity contribution is 0.0712. The van der Waals surface area contributed by atoms with E-state index in [9.17, 15) is 4.79 Å². The first-order valence-electron chi connectivity index (χ1n) is 5.17. The number of likely N-dealkylation sites (tertiary alicyclic amines) is 1. The molecule has 2 rings (SSSR count). The van der Waals surface area contributed by atoms with Crippen LogP contribution in [0.15, 0.2) is 10.7 Å². The summed E-state index contributed by atoms with van der Waals surface area (Å²) in [5.41, 5.74) is 0.650. The van der Waals surface area contributed by atoms with Crippen LogP contribution in [-0.4, -0.2) is 33.7 Å². The van der Waals surface area contributed by atoms with Crippen LogP contribution in [0.5, 0.6) is 0 Å². The maximum absolute atomic E-state index is 12.1. The van der Waals surface area contributed by atoms with Crippen LogP contribution in [0.25, 0.3) is 0 Å². The highest BCUT2D eigenvalue weighted by Crippen LogP contribution is 2.19. The quantitative estimate of drug-likeness (QED) is 0.782. The summed E-state index contributed by atoms with van der Waals surface area (Å²) in [5, 5.41) is 4.05. The van der Waals surface area contributed by atoms with Crippen molar-refractivity contribution in [1.29, 1.82) is 0 Å². The SMILES string of the molecule is Cn1ncc(Br)c1C(=O)N1CCCCC1. The minimum atomic E-state index is 0.0848. The van der Waals surface area contributed by atoms with Gasteiger partial charge in [0.15, 0.2) is 0 Å². The Labute approximate surface area is 97.4 Å². The van der Waals surface area contributed by atoms with Crippen molar-refractivity contribution in [2.75, 3.05) is 13.1 Å². The van der Waals surface area contributed by atoms with Gasteiger partial charge in [-0.05, 0) is 35.2 Å². The lowest BCUT2D eigenvalue weighted by Crippen LogP contribution is -2.36. The van der Waals surface area contributed by atoms with Gasteiger partial charge >= 0.3 is 0 Å². The Morgan fingerprint density at radius 2 is 2.07 bits per heavy atom. The van der Waals surface area contributed by atoms with Gasteiger partial charge in [-0.1, -0.05) is 0 Å². The zero-order valence-corrected chi connectivity index (χ0v) is 10.3. The van der Waals surface area contributed by atoms with E-state index in [1.165, 1.54) is 6.42 Å². The van der Waals surface area contributed by atoms with Crippen LogP contribution >= 0.6 is 15.9 Å². The maximum Gasteiger partial charge on any atom is 0.273 e. The fraction of sp³-hybridized carbons (Fsp3) is 0.600. The van der Waals surface area contributed by atoms with Crippen LogP contribution in [0.4, 0.5) is 0 Å². The molecule has 2 heterocycles. The summed E-state index contributed by atoms with van der Waals surface area (Å²) in [7, 11) is 1.79. The van der Waals surface area contributed by atoms with Gasteiger partial charge in [0.05, 0.1) is 10.7 Å². The second kappa shape index (κ2) is 4.35. The average Bonchev–Trinajstić information content (AvgIpc) is 2.59. The summed E-state index contributed by atoms with van der Waals surface area (Å²) in [6, 6.07) is 0. The molecule has 0 aliphatic carbocycles. The zero-order valence-electron chi connectivity index (χ0n) is 8.74. The van der Waals surface area contributed by atoms with E-state index in [2.05, 4.69) is 21.0 Å². The van der Waals surface area contributed by atoms with E-state index in [1.54, 1.807) is 17.9 Å². The zero-order chi connectivity index (χ0) is 10.8. The second-order valence-electron chi connectivity index (χ2n) is 3.82. The molecule has 15 heavy (non-hydrogen) atoms. The molecule has 1 saturated heterocycles. The molecule has 0 spiro atoms. The third-order valence-electron chi connectivity index (χ3n) is 2.74. The number of rotatable bonds is 1. The minimum Gasteiger partial charge on any atom is -0.337 e. The van der Waals surface area contributed by atoms with Crippen molar-refractivity contribution >= 4 is 21.8 Å². The van der Waals surface area contributed by atoms with E-state index >= 15 is 0 Å². The van der Waals surface area contributed by atoms with Gasteiger partial charge in [-0.2, -0.15) is 5.10 Å². The van der Waals surface area contributed by atoms with Crippen molar-refractivity contribution < 1.29 is 4.79 Å². The molecule has 1 amide bonds. The minimum absolute atomic E-state index is 0.0848. The molecule has 1 aliphatic heterocycles. The van der Waals surface area contributed by atoms with E-state index in [0.29, 0.717) is 5.69 Å². The van der Waals surface area contributed by atoms with E-state index in [0.717, 1.165) is 30.4 Å². The van der Waals surface area contributed by atoms with Gasteiger partial charge in [0.1, 0.15) is 5.69 Å². The molecule has 0 bridgehead atoms. The number of piperidine rings is 1. The number of halogens is 1. The van der Waals surface area contributed by atoms with Gasteiger partial charge in [0.25, 0.3) is 5.91 Å². The van der Waals surface area contributed by atoms with Crippen LogP contribution in [0.2, 0.25) is 0 Å². The molecular weight excluding hydrogens is 258 g/mol. The molecule has 0 atom stereocenters. The van der Waals surface area contributed by atoms with Crippen LogP contribution < -0.4 is 0 Å². The van der Waals surface area contributed by atoms with Crippen LogP contribution in [0, 0.1) is 0 Å². The molecular formula is C10H14BrN3O.